The number of allylic oxidation sites excluding steroid dienone is 2. The highest BCUT2D eigenvalue weighted by atomic mass is 16.5. The van der Waals surface area contributed by atoms with Gasteiger partial charge in [0.25, 0.3) is 0 Å². The van der Waals surface area contributed by atoms with Crippen LogP contribution in [0.5, 0.6) is 0 Å². The molecule has 2 heteroatoms. The molecule has 22 heavy (non-hydrogen) atoms. The Kier molecular flexibility index (Phi) is 5.09. The van der Waals surface area contributed by atoms with Gasteiger partial charge in [-0.15, -0.1) is 0 Å². The van der Waals surface area contributed by atoms with Crippen molar-refractivity contribution in [1.82, 2.24) is 0 Å². The molecule has 0 aliphatic heterocycles. The van der Waals surface area contributed by atoms with Crippen LogP contribution >= 0.6 is 0 Å². The summed E-state index contributed by atoms with van der Waals surface area (Å²) >= 11 is 0. The predicted octanol–water partition coefficient (Wildman–Crippen LogP) is 5.37. The lowest BCUT2D eigenvalue weighted by Crippen LogP contribution is -2.47. The quantitative estimate of drug-likeness (QED) is 0.515. The second-order valence-electron chi connectivity index (χ2n) is 8.49. The molecule has 0 amide bonds. The maximum Gasteiger partial charge on any atom is 0.312 e. The molecule has 0 aromatic carbocycles. The standard InChI is InChI=1S/C20H34O2/c1-14(2)11-13-19(4)15(3)9-10-17-16(19)8-7-12-20(17,5)18(21)22-6/h8,14-15,17H,7,9-13H2,1-6H3/t15?,17-,19-,20-/m0/s1. The van der Waals surface area contributed by atoms with Gasteiger partial charge in [0.15, 0.2) is 0 Å². The van der Waals surface area contributed by atoms with Gasteiger partial charge >= 0.3 is 5.97 Å². The number of carbonyl (C=O) groups is 1. The van der Waals surface area contributed by atoms with Crippen LogP contribution in [0.2, 0.25) is 0 Å². The molecule has 1 fully saturated rings. The van der Waals surface area contributed by atoms with E-state index >= 15 is 0 Å². The van der Waals surface area contributed by atoms with Crippen molar-refractivity contribution >= 4 is 5.97 Å². The summed E-state index contributed by atoms with van der Waals surface area (Å²) in [5.41, 5.74) is 1.49. The molecule has 0 aromatic heterocycles. The summed E-state index contributed by atoms with van der Waals surface area (Å²) in [5, 5.41) is 0. The van der Waals surface area contributed by atoms with E-state index in [1.54, 1.807) is 5.57 Å². The van der Waals surface area contributed by atoms with Gasteiger partial charge in [0, 0.05) is 0 Å². The summed E-state index contributed by atoms with van der Waals surface area (Å²) in [6.45, 7) is 11.6. The van der Waals surface area contributed by atoms with Crippen molar-refractivity contribution in [2.75, 3.05) is 7.11 Å². The topological polar surface area (TPSA) is 26.3 Å². The van der Waals surface area contributed by atoms with Gasteiger partial charge in [-0.3, -0.25) is 4.79 Å². The van der Waals surface area contributed by atoms with E-state index in [1.807, 2.05) is 0 Å². The van der Waals surface area contributed by atoms with Crippen LogP contribution in [0.3, 0.4) is 0 Å². The van der Waals surface area contributed by atoms with Crippen molar-refractivity contribution in [3.05, 3.63) is 11.6 Å². The van der Waals surface area contributed by atoms with Crippen LogP contribution < -0.4 is 0 Å². The number of hydrogen-bond acceptors (Lipinski definition) is 2. The van der Waals surface area contributed by atoms with Gasteiger partial charge in [-0.2, -0.15) is 0 Å². The third-order valence-electron chi connectivity index (χ3n) is 6.70. The van der Waals surface area contributed by atoms with Crippen LogP contribution in [0, 0.1) is 28.6 Å². The van der Waals surface area contributed by atoms with Crippen molar-refractivity contribution in [3.8, 4) is 0 Å². The van der Waals surface area contributed by atoms with Crippen LogP contribution in [0.1, 0.15) is 73.1 Å². The SMILES string of the molecule is COC(=O)[C@@]1(C)CCC=C2[C@@H]1CCC(C)[C@]2(C)CCC(C)C. The Balaban J connectivity index is 2.34. The highest BCUT2D eigenvalue weighted by molar-refractivity contribution is 5.77. The van der Waals surface area contributed by atoms with Crippen molar-refractivity contribution < 1.29 is 9.53 Å². The van der Waals surface area contributed by atoms with Gasteiger partial charge < -0.3 is 4.74 Å². The van der Waals surface area contributed by atoms with E-state index in [0.717, 1.165) is 25.2 Å². The summed E-state index contributed by atoms with van der Waals surface area (Å²) in [7, 11) is 1.54. The van der Waals surface area contributed by atoms with Crippen molar-refractivity contribution in [2.24, 2.45) is 28.6 Å². The van der Waals surface area contributed by atoms with Crippen LogP contribution in [-0.4, -0.2) is 13.1 Å². The Morgan fingerprint density at radius 2 is 2.05 bits per heavy atom. The molecule has 0 aromatic rings. The van der Waals surface area contributed by atoms with E-state index in [-0.39, 0.29) is 16.8 Å². The van der Waals surface area contributed by atoms with Crippen LogP contribution in [0.4, 0.5) is 0 Å². The second kappa shape index (κ2) is 6.37. The van der Waals surface area contributed by atoms with Crippen LogP contribution in [-0.2, 0) is 9.53 Å². The molecule has 0 spiro atoms. The molecule has 0 saturated heterocycles. The highest BCUT2D eigenvalue weighted by Gasteiger charge is 2.52. The van der Waals surface area contributed by atoms with Gasteiger partial charge in [0.05, 0.1) is 12.5 Å². The Morgan fingerprint density at radius 3 is 2.64 bits per heavy atom. The first-order chi connectivity index (χ1) is 10.3. The van der Waals surface area contributed by atoms with Crippen molar-refractivity contribution in [2.45, 2.75) is 73.1 Å². The number of esters is 1. The average Bonchev–Trinajstić information content (AvgIpc) is 2.49. The monoisotopic (exact) mass is 306 g/mol. The van der Waals surface area contributed by atoms with Crippen molar-refractivity contribution in [3.63, 3.8) is 0 Å². The molecule has 1 unspecified atom stereocenters. The maximum atomic E-state index is 12.5. The Hall–Kier alpha value is -0.790. The Labute approximate surface area is 136 Å². The molecule has 0 heterocycles. The molecule has 2 aliphatic rings. The lowest BCUT2D eigenvalue weighted by atomic mass is 9.51. The fourth-order valence-electron chi connectivity index (χ4n) is 4.77. The van der Waals surface area contributed by atoms with Crippen molar-refractivity contribution in [1.29, 1.82) is 0 Å². The molecule has 2 rings (SSSR count). The van der Waals surface area contributed by atoms with Gasteiger partial charge in [0.1, 0.15) is 0 Å². The molecule has 0 bridgehead atoms. The van der Waals surface area contributed by atoms with Gasteiger partial charge in [-0.25, -0.2) is 0 Å². The average molecular weight is 306 g/mol. The second-order valence-corrected chi connectivity index (χ2v) is 8.49. The Bertz CT molecular complexity index is 451. The zero-order valence-electron chi connectivity index (χ0n) is 15.4. The number of ether oxygens (including phenoxy) is 1. The minimum absolute atomic E-state index is 0.0103. The number of methoxy groups -OCH3 is 1. The molecule has 4 atom stereocenters. The minimum Gasteiger partial charge on any atom is -0.469 e. The van der Waals surface area contributed by atoms with Gasteiger partial charge in [-0.1, -0.05) is 45.8 Å². The number of hydrogen-bond donors (Lipinski definition) is 0. The van der Waals surface area contributed by atoms with E-state index < -0.39 is 0 Å². The lowest BCUT2D eigenvalue weighted by molar-refractivity contribution is -0.156. The summed E-state index contributed by atoms with van der Waals surface area (Å²) in [6, 6.07) is 0. The van der Waals surface area contributed by atoms with E-state index in [9.17, 15) is 4.79 Å². The third-order valence-corrected chi connectivity index (χ3v) is 6.70. The Morgan fingerprint density at radius 1 is 1.36 bits per heavy atom. The maximum absolute atomic E-state index is 12.5. The van der Waals surface area contributed by atoms with Gasteiger partial charge in [-0.05, 0) is 62.2 Å². The van der Waals surface area contributed by atoms with E-state index in [2.05, 4.69) is 40.7 Å². The summed E-state index contributed by atoms with van der Waals surface area (Å²) < 4.78 is 5.17. The zero-order chi connectivity index (χ0) is 16.5. The molecule has 2 nitrogen and oxygen atoms in total. The minimum atomic E-state index is -0.321. The summed E-state index contributed by atoms with van der Waals surface area (Å²) in [4.78, 5) is 12.5. The summed E-state index contributed by atoms with van der Waals surface area (Å²) in [6.07, 6.45) is 9.28. The number of rotatable bonds is 4. The van der Waals surface area contributed by atoms with E-state index in [4.69, 9.17) is 4.74 Å². The van der Waals surface area contributed by atoms with Crippen LogP contribution in [0.25, 0.3) is 0 Å². The molecule has 1 saturated carbocycles. The summed E-state index contributed by atoms with van der Waals surface area (Å²) in [5.74, 6) is 1.81. The first kappa shape index (κ1) is 17.6. The molecular formula is C20H34O2. The highest BCUT2D eigenvalue weighted by Crippen LogP contribution is 2.58. The molecule has 126 valence electrons. The zero-order valence-corrected chi connectivity index (χ0v) is 15.4. The normalized spacial score (nSPS) is 38.4. The smallest absolute Gasteiger partial charge is 0.312 e. The van der Waals surface area contributed by atoms with E-state index in [0.29, 0.717) is 11.8 Å². The molecular weight excluding hydrogens is 272 g/mol. The largest absolute Gasteiger partial charge is 0.469 e. The number of carbonyl (C=O) groups excluding carboxylic acids is 1. The third kappa shape index (κ3) is 2.86. The molecule has 0 N–H and O–H groups in total. The van der Waals surface area contributed by atoms with Crippen LogP contribution in [0.15, 0.2) is 11.6 Å². The first-order valence-corrected chi connectivity index (χ1v) is 9.04. The fraction of sp³-hybridized carbons (Fsp3) is 0.850. The predicted molar refractivity (Wildman–Crippen MR) is 91.5 cm³/mol. The first-order valence-electron chi connectivity index (χ1n) is 9.04. The van der Waals surface area contributed by atoms with E-state index in [1.165, 1.54) is 26.4 Å². The molecule has 0 radical (unpaired) electrons. The lowest BCUT2D eigenvalue weighted by Gasteiger charge is -2.53. The molecule has 2 aliphatic carbocycles. The number of fused-ring (bicyclic) bond motifs is 1. The van der Waals surface area contributed by atoms with Gasteiger partial charge in [0.2, 0.25) is 0 Å². The fourth-order valence-corrected chi connectivity index (χ4v) is 4.77.